The molecule has 1 fully saturated rings. The molecule has 0 saturated heterocycles. The van der Waals surface area contributed by atoms with Gasteiger partial charge in [0.1, 0.15) is 0 Å². The fraction of sp³-hybridized carbons (Fsp3) is 0.857. The lowest BCUT2D eigenvalue weighted by Crippen LogP contribution is -2.19. The summed E-state index contributed by atoms with van der Waals surface area (Å²) in [7, 11) is 0. The van der Waals surface area contributed by atoms with Gasteiger partial charge in [0.25, 0.3) is 0 Å². The quantitative estimate of drug-likeness (QED) is 0.579. The van der Waals surface area contributed by atoms with Gasteiger partial charge in [-0.25, -0.2) is 0 Å². The van der Waals surface area contributed by atoms with Crippen LogP contribution in [0.5, 0.6) is 0 Å². The smallest absolute Gasteiger partial charge is 0.0199 e. The zero-order valence-corrected chi connectivity index (χ0v) is 9.92. The molecule has 80 valence electrons. The molecule has 2 bridgehead atoms. The molecular formula is C14H24. The van der Waals surface area contributed by atoms with Crippen LogP contribution in [-0.2, 0) is 0 Å². The molecule has 3 atom stereocenters. The Morgan fingerprint density at radius 3 is 2.50 bits per heavy atom. The van der Waals surface area contributed by atoms with Crippen molar-refractivity contribution in [2.24, 2.45) is 23.2 Å². The van der Waals surface area contributed by atoms with Gasteiger partial charge in [-0.15, -0.1) is 0 Å². The largest absolute Gasteiger partial charge is 0.0851 e. The first kappa shape index (κ1) is 10.3. The number of fused-ring (bicyclic) bond motifs is 2. The summed E-state index contributed by atoms with van der Waals surface area (Å²) in [5.74, 6) is 2.89. The maximum atomic E-state index is 2.49. The van der Waals surface area contributed by atoms with Gasteiger partial charge in [0.15, 0.2) is 0 Å². The molecule has 0 aromatic carbocycles. The summed E-state index contributed by atoms with van der Waals surface area (Å²) < 4.78 is 0. The normalized spacial score (nSPS) is 35.5. The van der Waals surface area contributed by atoms with E-state index in [-0.39, 0.29) is 0 Å². The van der Waals surface area contributed by atoms with Crippen molar-refractivity contribution in [2.45, 2.75) is 52.9 Å². The predicted molar refractivity (Wildman–Crippen MR) is 62.2 cm³/mol. The number of allylic oxidation sites excluding steroid dienone is 2. The predicted octanol–water partition coefficient (Wildman–Crippen LogP) is 4.42. The van der Waals surface area contributed by atoms with E-state index >= 15 is 0 Å². The monoisotopic (exact) mass is 192 g/mol. The van der Waals surface area contributed by atoms with Gasteiger partial charge in [0.05, 0.1) is 0 Å². The van der Waals surface area contributed by atoms with Crippen LogP contribution in [-0.4, -0.2) is 0 Å². The number of hydrogen-bond donors (Lipinski definition) is 0. The Bertz CT molecular complexity index is 224. The van der Waals surface area contributed by atoms with Crippen molar-refractivity contribution < 1.29 is 0 Å². The van der Waals surface area contributed by atoms with Crippen molar-refractivity contribution in [3.63, 3.8) is 0 Å². The second-order valence-electron chi connectivity index (χ2n) is 6.16. The lowest BCUT2D eigenvalue weighted by Gasteiger charge is -2.30. The van der Waals surface area contributed by atoms with Crippen molar-refractivity contribution in [3.05, 3.63) is 12.2 Å². The third-order valence-electron chi connectivity index (χ3n) is 4.16. The van der Waals surface area contributed by atoms with Crippen LogP contribution in [0.3, 0.4) is 0 Å². The number of rotatable bonds is 4. The summed E-state index contributed by atoms with van der Waals surface area (Å²) in [6.45, 7) is 7.21. The van der Waals surface area contributed by atoms with E-state index in [2.05, 4.69) is 32.9 Å². The van der Waals surface area contributed by atoms with Crippen molar-refractivity contribution in [1.82, 2.24) is 0 Å². The van der Waals surface area contributed by atoms with Gasteiger partial charge in [-0.05, 0) is 48.9 Å². The van der Waals surface area contributed by atoms with Crippen LogP contribution in [0.2, 0.25) is 0 Å². The van der Waals surface area contributed by atoms with Gasteiger partial charge < -0.3 is 0 Å². The molecular weight excluding hydrogens is 168 g/mol. The molecule has 0 amide bonds. The molecule has 0 nitrogen and oxygen atoms in total. The Balaban J connectivity index is 1.89. The summed E-state index contributed by atoms with van der Waals surface area (Å²) in [5.41, 5.74) is 0.581. The van der Waals surface area contributed by atoms with Crippen molar-refractivity contribution in [1.29, 1.82) is 0 Å². The van der Waals surface area contributed by atoms with E-state index in [9.17, 15) is 0 Å². The second kappa shape index (κ2) is 3.72. The molecule has 0 radical (unpaired) electrons. The van der Waals surface area contributed by atoms with E-state index in [0.717, 1.165) is 17.8 Å². The molecule has 0 N–H and O–H groups in total. The highest BCUT2D eigenvalue weighted by Gasteiger charge is 2.37. The topological polar surface area (TPSA) is 0 Å². The minimum Gasteiger partial charge on any atom is -0.0851 e. The highest BCUT2D eigenvalue weighted by atomic mass is 14.4. The molecule has 2 rings (SSSR count). The maximum Gasteiger partial charge on any atom is -0.0199 e. The van der Waals surface area contributed by atoms with Gasteiger partial charge in [-0.2, -0.15) is 0 Å². The molecule has 0 spiro atoms. The zero-order valence-electron chi connectivity index (χ0n) is 9.92. The van der Waals surface area contributed by atoms with Gasteiger partial charge in [0.2, 0.25) is 0 Å². The van der Waals surface area contributed by atoms with Crippen LogP contribution in [0.25, 0.3) is 0 Å². The Labute approximate surface area is 88.8 Å². The van der Waals surface area contributed by atoms with Crippen LogP contribution in [0, 0.1) is 23.2 Å². The molecule has 14 heavy (non-hydrogen) atoms. The summed E-state index contributed by atoms with van der Waals surface area (Å²) >= 11 is 0. The minimum absolute atomic E-state index is 0.581. The van der Waals surface area contributed by atoms with E-state index < -0.39 is 0 Å². The summed E-state index contributed by atoms with van der Waals surface area (Å²) in [6, 6.07) is 0. The molecule has 0 heterocycles. The average Bonchev–Trinajstić information content (AvgIpc) is 2.63. The SMILES string of the molecule is CCCC(C)(C)CC1CC2C=CC1C2. The lowest BCUT2D eigenvalue weighted by molar-refractivity contribution is 0.225. The van der Waals surface area contributed by atoms with Crippen LogP contribution < -0.4 is 0 Å². The molecule has 0 aliphatic heterocycles. The van der Waals surface area contributed by atoms with E-state index in [1.165, 1.54) is 32.1 Å². The van der Waals surface area contributed by atoms with Gasteiger partial charge in [-0.3, -0.25) is 0 Å². The van der Waals surface area contributed by atoms with E-state index in [0.29, 0.717) is 5.41 Å². The average molecular weight is 192 g/mol. The van der Waals surface area contributed by atoms with Crippen molar-refractivity contribution in [3.8, 4) is 0 Å². The third kappa shape index (κ3) is 2.04. The molecule has 0 aromatic rings. The molecule has 1 saturated carbocycles. The molecule has 3 unspecified atom stereocenters. The van der Waals surface area contributed by atoms with Gasteiger partial charge in [0, 0.05) is 0 Å². The number of hydrogen-bond acceptors (Lipinski definition) is 0. The fourth-order valence-electron chi connectivity index (χ4n) is 3.62. The third-order valence-corrected chi connectivity index (χ3v) is 4.16. The Morgan fingerprint density at radius 1 is 1.21 bits per heavy atom. The molecule has 2 aliphatic carbocycles. The van der Waals surface area contributed by atoms with Crippen molar-refractivity contribution >= 4 is 0 Å². The lowest BCUT2D eigenvalue weighted by atomic mass is 9.75. The Morgan fingerprint density at radius 2 is 2.00 bits per heavy atom. The van der Waals surface area contributed by atoms with Gasteiger partial charge >= 0.3 is 0 Å². The van der Waals surface area contributed by atoms with Crippen molar-refractivity contribution in [2.75, 3.05) is 0 Å². The highest BCUT2D eigenvalue weighted by molar-refractivity contribution is 5.10. The highest BCUT2D eigenvalue weighted by Crippen LogP contribution is 2.48. The van der Waals surface area contributed by atoms with Gasteiger partial charge in [-0.1, -0.05) is 39.3 Å². The Hall–Kier alpha value is -0.260. The summed E-state index contributed by atoms with van der Waals surface area (Å²) in [6.07, 6.45) is 12.1. The van der Waals surface area contributed by atoms with Crippen LogP contribution >= 0.6 is 0 Å². The Kier molecular flexibility index (Phi) is 2.72. The fourth-order valence-corrected chi connectivity index (χ4v) is 3.62. The molecule has 2 aliphatic rings. The van der Waals surface area contributed by atoms with E-state index in [4.69, 9.17) is 0 Å². The minimum atomic E-state index is 0.581. The van der Waals surface area contributed by atoms with E-state index in [1.54, 1.807) is 0 Å². The zero-order chi connectivity index (χ0) is 10.2. The standard InChI is InChI=1S/C14H24/c1-4-7-14(2,3)10-13-9-11-5-6-12(13)8-11/h5-6,11-13H,4,7-10H2,1-3H3. The summed E-state index contributed by atoms with van der Waals surface area (Å²) in [5, 5.41) is 0. The molecule has 0 heteroatoms. The van der Waals surface area contributed by atoms with E-state index in [1.807, 2.05) is 0 Å². The second-order valence-corrected chi connectivity index (χ2v) is 6.16. The maximum absolute atomic E-state index is 2.49. The summed E-state index contributed by atoms with van der Waals surface area (Å²) in [4.78, 5) is 0. The first-order chi connectivity index (χ1) is 6.61. The first-order valence-corrected chi connectivity index (χ1v) is 6.29. The first-order valence-electron chi connectivity index (χ1n) is 6.29. The molecule has 0 aromatic heterocycles. The van der Waals surface area contributed by atoms with Crippen LogP contribution in [0.15, 0.2) is 12.2 Å². The van der Waals surface area contributed by atoms with Crippen LogP contribution in [0.1, 0.15) is 52.9 Å². The van der Waals surface area contributed by atoms with Crippen LogP contribution in [0.4, 0.5) is 0 Å².